The highest BCUT2D eigenvalue weighted by Gasteiger charge is 2.02. The van der Waals surface area contributed by atoms with Crippen LogP contribution in [0, 0.1) is 11.8 Å². The molecule has 1 rings (SSSR count). The summed E-state index contributed by atoms with van der Waals surface area (Å²) in [6.45, 7) is 7.20. The molecule has 1 unspecified atom stereocenters. The first-order valence-electron chi connectivity index (χ1n) is 5.63. The van der Waals surface area contributed by atoms with E-state index in [4.69, 9.17) is 0 Å². The van der Waals surface area contributed by atoms with E-state index in [1.54, 1.807) is 11.8 Å². The second-order valence-corrected chi connectivity index (χ2v) is 4.61. The second kappa shape index (κ2) is 7.38. The van der Waals surface area contributed by atoms with Crippen molar-refractivity contribution in [2.45, 2.75) is 31.7 Å². The molecule has 0 aromatic heterocycles. The fourth-order valence-electron chi connectivity index (χ4n) is 1.47. The summed E-state index contributed by atoms with van der Waals surface area (Å²) in [5, 5.41) is 3.40. The Hall–Kier alpha value is -0.910. The first kappa shape index (κ1) is 13.2. The van der Waals surface area contributed by atoms with Crippen LogP contribution in [0.5, 0.6) is 0 Å². The SMILES string of the molecule is CC#CCSc1ccc(C(C)NCC)cc1. The van der Waals surface area contributed by atoms with Crippen molar-refractivity contribution in [3.05, 3.63) is 29.8 Å². The molecule has 1 atom stereocenters. The number of hydrogen-bond donors (Lipinski definition) is 1. The third-order valence-corrected chi connectivity index (χ3v) is 3.27. The van der Waals surface area contributed by atoms with Gasteiger partial charge in [0.15, 0.2) is 0 Å². The van der Waals surface area contributed by atoms with Gasteiger partial charge in [0.2, 0.25) is 0 Å². The highest BCUT2D eigenvalue weighted by molar-refractivity contribution is 7.99. The van der Waals surface area contributed by atoms with E-state index in [9.17, 15) is 0 Å². The van der Waals surface area contributed by atoms with E-state index in [-0.39, 0.29) is 0 Å². The summed E-state index contributed by atoms with van der Waals surface area (Å²) in [5.41, 5.74) is 1.34. The number of hydrogen-bond acceptors (Lipinski definition) is 2. The van der Waals surface area contributed by atoms with E-state index in [0.717, 1.165) is 12.3 Å². The van der Waals surface area contributed by atoms with E-state index >= 15 is 0 Å². The minimum absolute atomic E-state index is 0.430. The van der Waals surface area contributed by atoms with Crippen LogP contribution in [-0.2, 0) is 0 Å². The molecular formula is C14H19NS. The molecule has 0 bridgehead atoms. The Morgan fingerprint density at radius 1 is 1.31 bits per heavy atom. The van der Waals surface area contributed by atoms with Crippen LogP contribution in [0.25, 0.3) is 0 Å². The van der Waals surface area contributed by atoms with Gasteiger partial charge in [-0.25, -0.2) is 0 Å². The molecule has 0 fully saturated rings. The lowest BCUT2D eigenvalue weighted by Gasteiger charge is -2.12. The molecule has 1 nitrogen and oxygen atoms in total. The second-order valence-electron chi connectivity index (χ2n) is 3.56. The molecule has 86 valence electrons. The van der Waals surface area contributed by atoms with Crippen molar-refractivity contribution in [1.29, 1.82) is 0 Å². The highest BCUT2D eigenvalue weighted by Crippen LogP contribution is 2.20. The molecule has 1 N–H and O–H groups in total. The van der Waals surface area contributed by atoms with Gasteiger partial charge in [-0.1, -0.05) is 25.0 Å². The fourth-order valence-corrected chi connectivity index (χ4v) is 2.18. The van der Waals surface area contributed by atoms with Crippen molar-refractivity contribution in [3.63, 3.8) is 0 Å². The summed E-state index contributed by atoms with van der Waals surface area (Å²) in [6, 6.07) is 9.15. The molecule has 0 aliphatic heterocycles. The van der Waals surface area contributed by atoms with Gasteiger partial charge in [-0.2, -0.15) is 0 Å². The van der Waals surface area contributed by atoms with Crippen LogP contribution < -0.4 is 5.32 Å². The standard InChI is InChI=1S/C14H19NS/c1-4-6-11-16-14-9-7-13(8-10-14)12(3)15-5-2/h7-10,12,15H,5,11H2,1-3H3. The van der Waals surface area contributed by atoms with Gasteiger partial charge in [0.25, 0.3) is 0 Å². The molecule has 0 amide bonds. The summed E-state index contributed by atoms with van der Waals surface area (Å²) in [5.74, 6) is 6.83. The van der Waals surface area contributed by atoms with Crippen molar-refractivity contribution in [2.24, 2.45) is 0 Å². The Labute approximate surface area is 103 Å². The van der Waals surface area contributed by atoms with Crippen LogP contribution in [0.15, 0.2) is 29.2 Å². The van der Waals surface area contributed by atoms with E-state index in [1.807, 2.05) is 6.92 Å². The molecule has 0 radical (unpaired) electrons. The topological polar surface area (TPSA) is 12.0 Å². The van der Waals surface area contributed by atoms with Gasteiger partial charge in [-0.3, -0.25) is 0 Å². The smallest absolute Gasteiger partial charge is 0.0594 e. The van der Waals surface area contributed by atoms with Crippen molar-refractivity contribution in [1.82, 2.24) is 5.32 Å². The van der Waals surface area contributed by atoms with Crippen molar-refractivity contribution in [2.75, 3.05) is 12.3 Å². The van der Waals surface area contributed by atoms with E-state index < -0.39 is 0 Å². The van der Waals surface area contributed by atoms with Crippen LogP contribution >= 0.6 is 11.8 Å². The average Bonchev–Trinajstić information content (AvgIpc) is 2.30. The molecule has 0 spiro atoms. The van der Waals surface area contributed by atoms with Gasteiger partial charge in [0, 0.05) is 10.9 Å². The minimum Gasteiger partial charge on any atom is -0.310 e. The molecule has 0 aliphatic rings. The van der Waals surface area contributed by atoms with Crippen LogP contribution in [0.3, 0.4) is 0 Å². The maximum absolute atomic E-state index is 3.40. The Kier molecular flexibility index (Phi) is 6.07. The third kappa shape index (κ3) is 4.30. The number of nitrogens with one attached hydrogen (secondary N) is 1. The predicted octanol–water partition coefficient (Wildman–Crippen LogP) is 3.47. The molecule has 2 heteroatoms. The zero-order valence-electron chi connectivity index (χ0n) is 10.2. The molecule has 1 aromatic carbocycles. The van der Waals surface area contributed by atoms with E-state index in [0.29, 0.717) is 6.04 Å². The Balaban J connectivity index is 2.55. The molecule has 0 saturated carbocycles. The monoisotopic (exact) mass is 233 g/mol. The molecule has 0 heterocycles. The largest absolute Gasteiger partial charge is 0.310 e. The number of benzene rings is 1. The summed E-state index contributed by atoms with van der Waals surface area (Å²) >= 11 is 1.78. The lowest BCUT2D eigenvalue weighted by atomic mass is 10.1. The van der Waals surface area contributed by atoms with Crippen LogP contribution in [0.1, 0.15) is 32.4 Å². The van der Waals surface area contributed by atoms with Crippen molar-refractivity contribution in [3.8, 4) is 11.8 Å². The summed E-state index contributed by atoms with van der Waals surface area (Å²) in [7, 11) is 0. The molecule has 0 saturated heterocycles. The summed E-state index contributed by atoms with van der Waals surface area (Å²) in [6.07, 6.45) is 0. The van der Waals surface area contributed by atoms with Gasteiger partial charge >= 0.3 is 0 Å². The fraction of sp³-hybridized carbons (Fsp3) is 0.429. The Bertz CT molecular complexity index is 359. The first-order chi connectivity index (χ1) is 7.77. The van der Waals surface area contributed by atoms with Gasteiger partial charge < -0.3 is 5.32 Å². The van der Waals surface area contributed by atoms with Gasteiger partial charge in [-0.15, -0.1) is 17.7 Å². The minimum atomic E-state index is 0.430. The highest BCUT2D eigenvalue weighted by atomic mass is 32.2. The lowest BCUT2D eigenvalue weighted by molar-refractivity contribution is 0.598. The predicted molar refractivity (Wildman–Crippen MR) is 72.7 cm³/mol. The quantitative estimate of drug-likeness (QED) is 0.617. The number of thioether (sulfide) groups is 1. The molecule has 16 heavy (non-hydrogen) atoms. The Morgan fingerprint density at radius 2 is 2.00 bits per heavy atom. The third-order valence-electron chi connectivity index (χ3n) is 2.38. The molecule has 1 aromatic rings. The maximum atomic E-state index is 3.40. The average molecular weight is 233 g/mol. The normalized spacial score (nSPS) is 11.7. The van der Waals surface area contributed by atoms with Crippen LogP contribution in [-0.4, -0.2) is 12.3 Å². The first-order valence-corrected chi connectivity index (χ1v) is 6.62. The number of rotatable bonds is 5. The Morgan fingerprint density at radius 3 is 2.56 bits per heavy atom. The summed E-state index contributed by atoms with van der Waals surface area (Å²) < 4.78 is 0. The molecular weight excluding hydrogens is 214 g/mol. The van der Waals surface area contributed by atoms with Gasteiger partial charge in [0.05, 0.1) is 5.75 Å². The van der Waals surface area contributed by atoms with Crippen molar-refractivity contribution < 1.29 is 0 Å². The zero-order valence-corrected chi connectivity index (χ0v) is 11.0. The lowest BCUT2D eigenvalue weighted by Crippen LogP contribution is -2.17. The van der Waals surface area contributed by atoms with E-state index in [1.165, 1.54) is 10.5 Å². The van der Waals surface area contributed by atoms with Crippen molar-refractivity contribution >= 4 is 11.8 Å². The van der Waals surface area contributed by atoms with Gasteiger partial charge in [-0.05, 0) is 38.1 Å². The molecule has 0 aliphatic carbocycles. The van der Waals surface area contributed by atoms with Crippen LogP contribution in [0.2, 0.25) is 0 Å². The van der Waals surface area contributed by atoms with Crippen LogP contribution in [0.4, 0.5) is 0 Å². The zero-order chi connectivity index (χ0) is 11.8. The maximum Gasteiger partial charge on any atom is 0.0594 e. The van der Waals surface area contributed by atoms with E-state index in [2.05, 4.69) is 55.3 Å². The summed E-state index contributed by atoms with van der Waals surface area (Å²) in [4.78, 5) is 1.29. The van der Waals surface area contributed by atoms with Gasteiger partial charge in [0.1, 0.15) is 0 Å².